The number of aromatic nitrogens is 2. The molecule has 1 aromatic rings. The molecule has 0 saturated carbocycles. The molecular formula is C10H11N5O5. The van der Waals surface area contributed by atoms with Gasteiger partial charge in [0.25, 0.3) is 0 Å². The molecule has 2 rings (SSSR count). The SMILES string of the molecule is O=C(O)CC1C(=O)NCCN1c1ncc([N+](=O)[O-])cn1. The highest BCUT2D eigenvalue weighted by atomic mass is 16.6. The first-order valence-electron chi connectivity index (χ1n) is 5.71. The van der Waals surface area contributed by atoms with E-state index in [-0.39, 0.29) is 11.6 Å². The predicted octanol–water partition coefficient (Wildman–Crippen LogP) is -0.836. The van der Waals surface area contributed by atoms with Crippen LogP contribution in [-0.4, -0.2) is 51.0 Å². The van der Waals surface area contributed by atoms with Crippen LogP contribution < -0.4 is 10.2 Å². The van der Waals surface area contributed by atoms with E-state index in [4.69, 9.17) is 5.11 Å². The quantitative estimate of drug-likeness (QED) is 0.538. The summed E-state index contributed by atoms with van der Waals surface area (Å²) in [5, 5.41) is 21.9. The Morgan fingerprint density at radius 3 is 2.75 bits per heavy atom. The van der Waals surface area contributed by atoms with Crippen LogP contribution >= 0.6 is 0 Å². The average Bonchev–Trinajstić information content (AvgIpc) is 2.41. The molecular weight excluding hydrogens is 270 g/mol. The molecule has 0 aromatic carbocycles. The van der Waals surface area contributed by atoms with Gasteiger partial charge < -0.3 is 15.3 Å². The number of carbonyl (C=O) groups is 2. The number of nitro groups is 1. The molecule has 1 amide bonds. The van der Waals surface area contributed by atoms with Crippen LogP contribution in [0.15, 0.2) is 12.4 Å². The minimum absolute atomic E-state index is 0.0942. The van der Waals surface area contributed by atoms with Crippen molar-refractivity contribution < 1.29 is 19.6 Å². The normalized spacial score (nSPS) is 18.5. The number of hydrogen-bond donors (Lipinski definition) is 2. The first-order valence-corrected chi connectivity index (χ1v) is 5.71. The summed E-state index contributed by atoms with van der Waals surface area (Å²) in [6.07, 6.45) is 1.64. The highest BCUT2D eigenvalue weighted by molar-refractivity contribution is 5.89. The van der Waals surface area contributed by atoms with Crippen molar-refractivity contribution >= 4 is 23.5 Å². The van der Waals surface area contributed by atoms with E-state index in [0.717, 1.165) is 12.4 Å². The number of aliphatic carboxylic acids is 1. The van der Waals surface area contributed by atoms with Crippen molar-refractivity contribution in [2.24, 2.45) is 0 Å². The Labute approximate surface area is 112 Å². The number of nitrogens with zero attached hydrogens (tertiary/aromatic N) is 4. The van der Waals surface area contributed by atoms with Gasteiger partial charge in [-0.3, -0.25) is 19.7 Å². The topological polar surface area (TPSA) is 139 Å². The van der Waals surface area contributed by atoms with Gasteiger partial charge in [0, 0.05) is 13.1 Å². The van der Waals surface area contributed by atoms with Crippen LogP contribution in [0.5, 0.6) is 0 Å². The number of anilines is 1. The fourth-order valence-electron chi connectivity index (χ4n) is 1.88. The number of hydrogen-bond acceptors (Lipinski definition) is 7. The molecule has 1 unspecified atom stereocenters. The van der Waals surface area contributed by atoms with E-state index in [2.05, 4.69) is 15.3 Å². The smallest absolute Gasteiger partial charge is 0.305 e. The lowest BCUT2D eigenvalue weighted by Gasteiger charge is -2.33. The van der Waals surface area contributed by atoms with Gasteiger partial charge in [0.1, 0.15) is 18.4 Å². The second-order valence-electron chi connectivity index (χ2n) is 4.10. The van der Waals surface area contributed by atoms with E-state index in [1.165, 1.54) is 4.90 Å². The summed E-state index contributed by atoms with van der Waals surface area (Å²) in [7, 11) is 0. The highest BCUT2D eigenvalue weighted by Gasteiger charge is 2.33. The Morgan fingerprint density at radius 2 is 2.20 bits per heavy atom. The van der Waals surface area contributed by atoms with Crippen molar-refractivity contribution in [2.75, 3.05) is 18.0 Å². The van der Waals surface area contributed by atoms with Crippen molar-refractivity contribution in [1.82, 2.24) is 15.3 Å². The molecule has 0 bridgehead atoms. The zero-order valence-corrected chi connectivity index (χ0v) is 10.2. The number of amides is 1. The molecule has 0 aliphatic carbocycles. The standard InChI is InChI=1S/C10H11N5O5/c16-8(17)3-7-9(18)11-1-2-14(7)10-12-4-6(5-13-10)15(19)20/h4-5,7H,1-3H2,(H,11,18)(H,16,17). The third-order valence-corrected chi connectivity index (χ3v) is 2.79. The number of nitrogens with one attached hydrogen (secondary N) is 1. The van der Waals surface area contributed by atoms with Crippen LogP contribution in [0.1, 0.15) is 6.42 Å². The van der Waals surface area contributed by atoms with Crippen LogP contribution in [0.25, 0.3) is 0 Å². The van der Waals surface area contributed by atoms with Gasteiger partial charge in [0.05, 0.1) is 11.3 Å². The van der Waals surface area contributed by atoms with E-state index >= 15 is 0 Å². The van der Waals surface area contributed by atoms with Gasteiger partial charge in [-0.15, -0.1) is 0 Å². The molecule has 1 aromatic heterocycles. The lowest BCUT2D eigenvalue weighted by atomic mass is 10.1. The molecule has 1 aliphatic rings. The van der Waals surface area contributed by atoms with Crippen LogP contribution in [-0.2, 0) is 9.59 Å². The molecule has 2 heterocycles. The highest BCUT2D eigenvalue weighted by Crippen LogP contribution is 2.17. The second-order valence-corrected chi connectivity index (χ2v) is 4.10. The molecule has 1 fully saturated rings. The van der Waals surface area contributed by atoms with Gasteiger partial charge in [-0.1, -0.05) is 0 Å². The first-order chi connectivity index (χ1) is 9.49. The lowest BCUT2D eigenvalue weighted by Crippen LogP contribution is -2.56. The summed E-state index contributed by atoms with van der Waals surface area (Å²) in [6, 6.07) is -0.928. The molecule has 10 nitrogen and oxygen atoms in total. The van der Waals surface area contributed by atoms with E-state index in [0.29, 0.717) is 13.1 Å². The van der Waals surface area contributed by atoms with Crippen molar-refractivity contribution in [3.05, 3.63) is 22.5 Å². The molecule has 10 heteroatoms. The Balaban J connectivity index is 2.25. The molecule has 1 saturated heterocycles. The van der Waals surface area contributed by atoms with Crippen molar-refractivity contribution in [3.8, 4) is 0 Å². The molecule has 1 atom stereocenters. The fourth-order valence-corrected chi connectivity index (χ4v) is 1.88. The number of rotatable bonds is 4. The van der Waals surface area contributed by atoms with Gasteiger partial charge in [-0.2, -0.15) is 0 Å². The van der Waals surface area contributed by atoms with Crippen molar-refractivity contribution in [2.45, 2.75) is 12.5 Å². The maximum absolute atomic E-state index is 11.7. The Morgan fingerprint density at radius 1 is 1.55 bits per heavy atom. The van der Waals surface area contributed by atoms with Crippen LogP contribution in [0.4, 0.5) is 11.6 Å². The molecule has 106 valence electrons. The maximum Gasteiger partial charge on any atom is 0.305 e. The monoisotopic (exact) mass is 281 g/mol. The van der Waals surface area contributed by atoms with E-state index in [1.807, 2.05) is 0 Å². The minimum atomic E-state index is -1.13. The van der Waals surface area contributed by atoms with Crippen molar-refractivity contribution in [3.63, 3.8) is 0 Å². The van der Waals surface area contributed by atoms with Gasteiger partial charge in [-0.05, 0) is 0 Å². The molecule has 0 radical (unpaired) electrons. The van der Waals surface area contributed by atoms with E-state index < -0.39 is 29.3 Å². The van der Waals surface area contributed by atoms with Gasteiger partial charge >= 0.3 is 11.7 Å². The predicted molar refractivity (Wildman–Crippen MR) is 65.1 cm³/mol. The number of carboxylic acid groups (broad SMARTS) is 1. The van der Waals surface area contributed by atoms with Crippen LogP contribution in [0, 0.1) is 10.1 Å². The van der Waals surface area contributed by atoms with Gasteiger partial charge in [0.2, 0.25) is 11.9 Å². The summed E-state index contributed by atoms with van der Waals surface area (Å²) in [5.74, 6) is -1.46. The van der Waals surface area contributed by atoms with E-state index in [1.54, 1.807) is 0 Å². The third-order valence-electron chi connectivity index (χ3n) is 2.79. The molecule has 0 spiro atoms. The zero-order valence-electron chi connectivity index (χ0n) is 10.2. The number of piperazine rings is 1. The van der Waals surface area contributed by atoms with Crippen LogP contribution in [0.2, 0.25) is 0 Å². The number of carbonyl (C=O) groups excluding carboxylic acids is 1. The molecule has 2 N–H and O–H groups in total. The zero-order chi connectivity index (χ0) is 14.7. The van der Waals surface area contributed by atoms with Crippen LogP contribution in [0.3, 0.4) is 0 Å². The summed E-state index contributed by atoms with van der Waals surface area (Å²) in [4.78, 5) is 41.4. The minimum Gasteiger partial charge on any atom is -0.481 e. The Bertz CT molecular complexity index is 545. The maximum atomic E-state index is 11.7. The van der Waals surface area contributed by atoms with Gasteiger partial charge in [0.15, 0.2) is 0 Å². The lowest BCUT2D eigenvalue weighted by molar-refractivity contribution is -0.385. The number of carboxylic acids is 1. The van der Waals surface area contributed by atoms with E-state index in [9.17, 15) is 19.7 Å². The fraction of sp³-hybridized carbons (Fsp3) is 0.400. The Kier molecular flexibility index (Phi) is 3.73. The molecule has 1 aliphatic heterocycles. The average molecular weight is 281 g/mol. The van der Waals surface area contributed by atoms with Gasteiger partial charge in [-0.25, -0.2) is 9.97 Å². The summed E-state index contributed by atoms with van der Waals surface area (Å²) in [6.45, 7) is 0.663. The Hall–Kier alpha value is -2.78. The second kappa shape index (κ2) is 5.47. The third kappa shape index (κ3) is 2.79. The van der Waals surface area contributed by atoms with Crippen molar-refractivity contribution in [1.29, 1.82) is 0 Å². The summed E-state index contributed by atoms with van der Waals surface area (Å²) >= 11 is 0. The summed E-state index contributed by atoms with van der Waals surface area (Å²) < 4.78 is 0. The largest absolute Gasteiger partial charge is 0.481 e. The molecule has 20 heavy (non-hydrogen) atoms. The summed E-state index contributed by atoms with van der Waals surface area (Å²) in [5.41, 5.74) is -0.273. The first kappa shape index (κ1) is 13.6.